The molecule has 0 bridgehead atoms. The summed E-state index contributed by atoms with van der Waals surface area (Å²) >= 11 is 0. The van der Waals surface area contributed by atoms with Crippen molar-refractivity contribution in [1.29, 1.82) is 0 Å². The zero-order valence-electron chi connectivity index (χ0n) is 16.2. The molecular formula is C23H29N3O2. The average Bonchev–Trinajstić information content (AvgIpc) is 2.73. The summed E-state index contributed by atoms with van der Waals surface area (Å²) in [6.45, 7) is 2.53. The van der Waals surface area contributed by atoms with Gasteiger partial charge in [-0.25, -0.2) is 4.79 Å². The highest BCUT2D eigenvalue weighted by Gasteiger charge is 2.24. The highest BCUT2D eigenvalue weighted by molar-refractivity contribution is 5.92. The number of likely N-dealkylation sites (tertiary alicyclic amines) is 1. The Balaban J connectivity index is 1.36. The number of hydrogen-bond donors (Lipinski definition) is 3. The van der Waals surface area contributed by atoms with Gasteiger partial charge in [0.2, 0.25) is 0 Å². The minimum Gasteiger partial charge on any atom is -0.388 e. The van der Waals surface area contributed by atoms with Crippen molar-refractivity contribution in [3.05, 3.63) is 65.2 Å². The molecule has 0 radical (unpaired) electrons. The summed E-state index contributed by atoms with van der Waals surface area (Å²) in [6, 6.07) is 16.9. The Morgan fingerprint density at radius 3 is 2.86 bits per heavy atom. The number of carbonyl (C=O) groups is 1. The molecule has 1 fully saturated rings. The maximum Gasteiger partial charge on any atom is 0.319 e. The lowest BCUT2D eigenvalue weighted by molar-refractivity contribution is 0.103. The monoisotopic (exact) mass is 379 g/mol. The van der Waals surface area contributed by atoms with Gasteiger partial charge < -0.3 is 15.7 Å². The summed E-state index contributed by atoms with van der Waals surface area (Å²) in [4.78, 5) is 14.0. The zero-order chi connectivity index (χ0) is 19.3. The van der Waals surface area contributed by atoms with Crippen LogP contribution in [0.5, 0.6) is 0 Å². The second-order valence-electron chi connectivity index (χ2n) is 7.90. The second-order valence-corrected chi connectivity index (χ2v) is 7.90. The van der Waals surface area contributed by atoms with Crippen LogP contribution in [-0.2, 0) is 13.0 Å². The SMILES string of the molecule is O=C1NCc2cc(C(O)CCN3CCCC[C@H]3Cc3ccccc3)ccc2N1. The minimum atomic E-state index is -0.484. The number of fused-ring (bicyclic) bond motifs is 1. The molecule has 4 rings (SSSR count). The molecule has 2 aliphatic rings. The first-order valence-electron chi connectivity index (χ1n) is 10.3. The molecule has 3 N–H and O–H groups in total. The van der Waals surface area contributed by atoms with Gasteiger partial charge in [-0.05, 0) is 61.1 Å². The van der Waals surface area contributed by atoms with Gasteiger partial charge >= 0.3 is 6.03 Å². The van der Waals surface area contributed by atoms with Gasteiger partial charge in [-0.15, -0.1) is 0 Å². The molecule has 0 spiro atoms. The van der Waals surface area contributed by atoms with E-state index in [9.17, 15) is 9.90 Å². The van der Waals surface area contributed by atoms with Crippen molar-refractivity contribution in [2.45, 2.75) is 50.8 Å². The Bertz CT molecular complexity index is 809. The zero-order valence-corrected chi connectivity index (χ0v) is 16.2. The van der Waals surface area contributed by atoms with Crippen LogP contribution in [0.1, 0.15) is 48.5 Å². The molecule has 5 nitrogen and oxygen atoms in total. The first-order chi connectivity index (χ1) is 13.7. The number of nitrogens with zero attached hydrogens (tertiary/aromatic N) is 1. The lowest BCUT2D eigenvalue weighted by Gasteiger charge is -2.36. The lowest BCUT2D eigenvalue weighted by Crippen LogP contribution is -2.41. The first-order valence-corrected chi connectivity index (χ1v) is 10.3. The molecule has 0 aliphatic carbocycles. The third kappa shape index (κ3) is 4.54. The smallest absolute Gasteiger partial charge is 0.319 e. The van der Waals surface area contributed by atoms with Crippen molar-refractivity contribution in [3.63, 3.8) is 0 Å². The van der Waals surface area contributed by atoms with E-state index in [1.165, 1.54) is 24.8 Å². The molecule has 148 valence electrons. The maximum absolute atomic E-state index is 11.4. The van der Waals surface area contributed by atoms with Gasteiger partial charge in [0.15, 0.2) is 0 Å². The maximum atomic E-state index is 11.4. The Hall–Kier alpha value is -2.37. The number of rotatable bonds is 6. The van der Waals surface area contributed by atoms with E-state index in [-0.39, 0.29) is 6.03 Å². The van der Waals surface area contributed by atoms with Gasteiger partial charge in [0.05, 0.1) is 6.10 Å². The number of benzene rings is 2. The van der Waals surface area contributed by atoms with Crippen LogP contribution >= 0.6 is 0 Å². The molecule has 0 saturated carbocycles. The van der Waals surface area contributed by atoms with Crippen LogP contribution in [0, 0.1) is 0 Å². The van der Waals surface area contributed by atoms with Crippen LogP contribution in [0.3, 0.4) is 0 Å². The van der Waals surface area contributed by atoms with Crippen molar-refractivity contribution in [1.82, 2.24) is 10.2 Å². The van der Waals surface area contributed by atoms with Crippen molar-refractivity contribution in [2.24, 2.45) is 0 Å². The van der Waals surface area contributed by atoms with Crippen LogP contribution in [0.25, 0.3) is 0 Å². The molecular weight excluding hydrogens is 350 g/mol. The van der Waals surface area contributed by atoms with Crippen LogP contribution in [-0.4, -0.2) is 35.2 Å². The van der Waals surface area contributed by atoms with Crippen molar-refractivity contribution < 1.29 is 9.90 Å². The van der Waals surface area contributed by atoms with Gasteiger partial charge in [0.25, 0.3) is 0 Å². The van der Waals surface area contributed by atoms with Crippen molar-refractivity contribution in [3.8, 4) is 0 Å². The predicted octanol–water partition coefficient (Wildman–Crippen LogP) is 3.84. The highest BCUT2D eigenvalue weighted by atomic mass is 16.3. The normalized spacial score (nSPS) is 20.8. The fourth-order valence-corrected chi connectivity index (χ4v) is 4.36. The second kappa shape index (κ2) is 8.76. The summed E-state index contributed by atoms with van der Waals surface area (Å²) in [5.41, 5.74) is 4.17. The van der Waals surface area contributed by atoms with Gasteiger partial charge in [0.1, 0.15) is 0 Å². The largest absolute Gasteiger partial charge is 0.388 e. The van der Waals surface area contributed by atoms with Crippen molar-refractivity contribution in [2.75, 3.05) is 18.4 Å². The Labute approximate surface area is 166 Å². The molecule has 1 saturated heterocycles. The standard InChI is InChI=1S/C23H29N3O2/c27-22(18-9-10-21-19(15-18)16-24-23(28)25-21)11-13-26-12-5-4-8-20(26)14-17-6-2-1-3-7-17/h1-3,6-7,9-10,15,20,22,27H,4-5,8,11-14,16H2,(H2,24,25,28)/t20-,22?/m0/s1. The molecule has 2 atom stereocenters. The Morgan fingerprint density at radius 2 is 2.00 bits per heavy atom. The number of carbonyl (C=O) groups excluding carboxylic acids is 1. The quantitative estimate of drug-likeness (QED) is 0.714. The van der Waals surface area contributed by atoms with E-state index in [2.05, 4.69) is 45.9 Å². The molecule has 28 heavy (non-hydrogen) atoms. The summed E-state index contributed by atoms with van der Waals surface area (Å²) < 4.78 is 0. The molecule has 2 heterocycles. The molecule has 1 unspecified atom stereocenters. The Kier molecular flexibility index (Phi) is 5.93. The number of hydrogen-bond acceptors (Lipinski definition) is 3. The molecule has 2 amide bonds. The van der Waals surface area contributed by atoms with Crippen LogP contribution in [0.15, 0.2) is 48.5 Å². The average molecular weight is 380 g/mol. The number of anilines is 1. The van der Waals surface area contributed by atoms with E-state index in [1.54, 1.807) is 0 Å². The van der Waals surface area contributed by atoms with Gasteiger partial charge in [0, 0.05) is 24.8 Å². The molecule has 2 aromatic carbocycles. The van der Waals surface area contributed by atoms with Gasteiger partial charge in [-0.1, -0.05) is 42.8 Å². The van der Waals surface area contributed by atoms with E-state index >= 15 is 0 Å². The summed E-state index contributed by atoms with van der Waals surface area (Å²) in [7, 11) is 0. The predicted molar refractivity (Wildman–Crippen MR) is 111 cm³/mol. The molecule has 0 aromatic heterocycles. The molecule has 2 aliphatic heterocycles. The fraction of sp³-hybridized carbons (Fsp3) is 0.435. The van der Waals surface area contributed by atoms with E-state index in [0.29, 0.717) is 12.6 Å². The fourth-order valence-electron chi connectivity index (χ4n) is 4.36. The first kappa shape index (κ1) is 19.0. The Morgan fingerprint density at radius 1 is 1.14 bits per heavy atom. The van der Waals surface area contributed by atoms with Crippen molar-refractivity contribution >= 4 is 11.7 Å². The van der Waals surface area contributed by atoms with Crippen LogP contribution in [0.2, 0.25) is 0 Å². The van der Waals surface area contributed by atoms with Crippen LogP contribution < -0.4 is 10.6 Å². The third-order valence-corrected chi connectivity index (χ3v) is 5.95. The number of piperidine rings is 1. The topological polar surface area (TPSA) is 64.6 Å². The number of aliphatic hydroxyl groups is 1. The van der Waals surface area contributed by atoms with E-state index in [4.69, 9.17) is 0 Å². The molecule has 2 aromatic rings. The number of amides is 2. The number of urea groups is 1. The molecule has 5 heteroatoms. The lowest BCUT2D eigenvalue weighted by atomic mass is 9.94. The number of aliphatic hydroxyl groups excluding tert-OH is 1. The number of nitrogens with one attached hydrogen (secondary N) is 2. The summed E-state index contributed by atoms with van der Waals surface area (Å²) in [5.74, 6) is 0. The summed E-state index contributed by atoms with van der Waals surface area (Å²) in [6.07, 6.45) is 5.09. The third-order valence-electron chi connectivity index (χ3n) is 5.95. The van der Waals surface area contributed by atoms with Crippen LogP contribution in [0.4, 0.5) is 10.5 Å². The van der Waals surface area contributed by atoms with Gasteiger partial charge in [-0.2, -0.15) is 0 Å². The minimum absolute atomic E-state index is 0.171. The van der Waals surface area contributed by atoms with E-state index in [0.717, 1.165) is 42.7 Å². The summed E-state index contributed by atoms with van der Waals surface area (Å²) in [5, 5.41) is 16.3. The van der Waals surface area contributed by atoms with Gasteiger partial charge in [-0.3, -0.25) is 4.90 Å². The highest BCUT2D eigenvalue weighted by Crippen LogP contribution is 2.27. The van der Waals surface area contributed by atoms with E-state index < -0.39 is 6.10 Å². The van der Waals surface area contributed by atoms with E-state index in [1.807, 2.05) is 18.2 Å².